The maximum atomic E-state index is 12.0. The molecule has 6 aliphatic rings. The molecule has 0 aromatic carbocycles. The van der Waals surface area contributed by atoms with Crippen LogP contribution in [-0.4, -0.2) is 67.5 Å². The van der Waals surface area contributed by atoms with Crippen molar-refractivity contribution in [3.05, 3.63) is 0 Å². The van der Waals surface area contributed by atoms with E-state index in [-0.39, 0.29) is 23.2 Å². The van der Waals surface area contributed by atoms with E-state index in [1.807, 2.05) is 0 Å². The van der Waals surface area contributed by atoms with E-state index in [9.17, 15) is 5.11 Å². The summed E-state index contributed by atoms with van der Waals surface area (Å²) in [5.74, 6) is 2.11. The van der Waals surface area contributed by atoms with Crippen LogP contribution < -0.4 is 0 Å². The molecule has 188 valence electrons. The first kappa shape index (κ1) is 23.2. The Morgan fingerprint density at radius 3 is 2.52 bits per heavy atom. The minimum atomic E-state index is -0.442. The lowest BCUT2D eigenvalue weighted by Gasteiger charge is -2.64. The highest BCUT2D eigenvalue weighted by molar-refractivity contribution is 5.15. The highest BCUT2D eigenvalue weighted by Crippen LogP contribution is 2.68. The maximum absolute atomic E-state index is 12.0. The molecule has 8 atom stereocenters. The molecule has 2 aliphatic heterocycles. The number of rotatable bonds is 5. The summed E-state index contributed by atoms with van der Waals surface area (Å²) in [5, 5.41) is 12.0. The van der Waals surface area contributed by atoms with Gasteiger partial charge in [0.2, 0.25) is 0 Å². The van der Waals surface area contributed by atoms with E-state index in [0.717, 1.165) is 32.4 Å². The van der Waals surface area contributed by atoms with Crippen LogP contribution in [0.5, 0.6) is 0 Å². The van der Waals surface area contributed by atoms with E-state index in [4.69, 9.17) is 14.2 Å². The van der Waals surface area contributed by atoms with Gasteiger partial charge in [0, 0.05) is 12.5 Å². The number of nitrogens with zero attached hydrogens (tertiary/aromatic N) is 1. The third-order valence-electron chi connectivity index (χ3n) is 11.6. The predicted octanol–water partition coefficient (Wildman–Crippen LogP) is 4.61. The second-order valence-corrected chi connectivity index (χ2v) is 13.0. The molecule has 0 amide bonds. The van der Waals surface area contributed by atoms with Gasteiger partial charge in [0.15, 0.2) is 6.29 Å². The van der Waals surface area contributed by atoms with Gasteiger partial charge in [-0.2, -0.15) is 0 Å². The fourth-order valence-electron chi connectivity index (χ4n) is 9.72. The number of fused-ring (bicyclic) bond motifs is 5. The Hall–Kier alpha value is -0.200. The Labute approximate surface area is 200 Å². The van der Waals surface area contributed by atoms with E-state index < -0.39 is 5.60 Å². The molecule has 5 heteroatoms. The number of hydrogen-bond acceptors (Lipinski definition) is 5. The Kier molecular flexibility index (Phi) is 6.14. The SMILES string of the molecule is C[C@@]12CCC[C@@]1(O)[C@@H]1CCC3CC(OCCN4CCCC4)C(C4OCCO4)C[C@]3(C)[C@@H]1CC2. The van der Waals surface area contributed by atoms with Crippen LogP contribution in [0.25, 0.3) is 0 Å². The zero-order valence-corrected chi connectivity index (χ0v) is 21.1. The van der Waals surface area contributed by atoms with Gasteiger partial charge in [0.1, 0.15) is 0 Å². The summed E-state index contributed by atoms with van der Waals surface area (Å²) in [7, 11) is 0. The molecule has 4 aliphatic carbocycles. The van der Waals surface area contributed by atoms with E-state index in [2.05, 4.69) is 18.7 Å². The minimum absolute atomic E-state index is 0.108. The fourth-order valence-corrected chi connectivity index (χ4v) is 9.72. The van der Waals surface area contributed by atoms with Crippen LogP contribution in [0.1, 0.15) is 84.5 Å². The van der Waals surface area contributed by atoms with Crippen LogP contribution in [0.4, 0.5) is 0 Å². The summed E-state index contributed by atoms with van der Waals surface area (Å²) in [5.41, 5.74) is -0.0372. The molecule has 0 aromatic rings. The lowest BCUT2D eigenvalue weighted by Crippen LogP contribution is -2.62. The summed E-state index contributed by atoms with van der Waals surface area (Å²) in [6.45, 7) is 10.7. The van der Waals surface area contributed by atoms with Crippen molar-refractivity contribution in [1.29, 1.82) is 0 Å². The quantitative estimate of drug-likeness (QED) is 0.648. The molecule has 6 fully saturated rings. The third-order valence-corrected chi connectivity index (χ3v) is 11.6. The molecule has 3 unspecified atom stereocenters. The molecule has 6 rings (SSSR count). The number of hydrogen-bond donors (Lipinski definition) is 1. The van der Waals surface area contributed by atoms with Crippen LogP contribution in [0.2, 0.25) is 0 Å². The minimum Gasteiger partial charge on any atom is -0.389 e. The van der Waals surface area contributed by atoms with Crippen molar-refractivity contribution in [2.45, 2.75) is 102 Å². The van der Waals surface area contributed by atoms with E-state index in [1.54, 1.807) is 0 Å². The second kappa shape index (κ2) is 8.73. The molecule has 1 N–H and O–H groups in total. The smallest absolute Gasteiger partial charge is 0.163 e. The summed E-state index contributed by atoms with van der Waals surface area (Å²) < 4.78 is 18.9. The first-order valence-electron chi connectivity index (χ1n) is 14.2. The average molecular weight is 462 g/mol. The normalized spacial score (nSPS) is 50.8. The largest absolute Gasteiger partial charge is 0.389 e. The molecule has 0 bridgehead atoms. The van der Waals surface area contributed by atoms with Crippen molar-refractivity contribution in [3.8, 4) is 0 Å². The Morgan fingerprint density at radius 2 is 1.73 bits per heavy atom. The highest BCUT2D eigenvalue weighted by atomic mass is 16.7. The van der Waals surface area contributed by atoms with Crippen molar-refractivity contribution in [3.63, 3.8) is 0 Å². The van der Waals surface area contributed by atoms with Crippen molar-refractivity contribution in [2.75, 3.05) is 39.5 Å². The molecule has 2 saturated heterocycles. The first-order chi connectivity index (χ1) is 15.9. The maximum Gasteiger partial charge on any atom is 0.163 e. The van der Waals surface area contributed by atoms with Gasteiger partial charge < -0.3 is 24.2 Å². The molecule has 33 heavy (non-hydrogen) atoms. The zero-order valence-electron chi connectivity index (χ0n) is 21.1. The molecule has 0 aromatic heterocycles. The van der Waals surface area contributed by atoms with Crippen molar-refractivity contribution < 1.29 is 19.3 Å². The van der Waals surface area contributed by atoms with Crippen molar-refractivity contribution in [1.82, 2.24) is 4.90 Å². The van der Waals surface area contributed by atoms with Gasteiger partial charge in [-0.3, -0.25) is 0 Å². The van der Waals surface area contributed by atoms with Gasteiger partial charge in [-0.15, -0.1) is 0 Å². The van der Waals surface area contributed by atoms with Crippen LogP contribution in [-0.2, 0) is 14.2 Å². The van der Waals surface area contributed by atoms with Gasteiger partial charge in [0.05, 0.1) is 31.5 Å². The highest BCUT2D eigenvalue weighted by Gasteiger charge is 2.65. The van der Waals surface area contributed by atoms with Crippen LogP contribution >= 0.6 is 0 Å². The Balaban J connectivity index is 1.21. The van der Waals surface area contributed by atoms with Gasteiger partial charge in [-0.1, -0.05) is 13.8 Å². The van der Waals surface area contributed by atoms with Crippen molar-refractivity contribution >= 4 is 0 Å². The van der Waals surface area contributed by atoms with E-state index in [1.165, 1.54) is 64.5 Å². The topological polar surface area (TPSA) is 51.2 Å². The number of likely N-dealkylation sites (tertiary alicyclic amines) is 1. The monoisotopic (exact) mass is 461 g/mol. The number of ether oxygens (including phenoxy) is 3. The van der Waals surface area contributed by atoms with E-state index in [0.29, 0.717) is 36.9 Å². The molecular formula is C28H47NO4. The first-order valence-corrected chi connectivity index (χ1v) is 14.2. The van der Waals surface area contributed by atoms with Gasteiger partial charge >= 0.3 is 0 Å². The standard InChI is InChI=1S/C28H47NO4/c1-26-9-5-10-28(26,30)23-7-6-20-18-24(31-15-14-29-12-3-4-13-29)21(25-32-16-17-33-25)19-27(20,2)22(23)8-11-26/h20-25,30H,3-19H2,1-2H3/t20?,21?,22-,23-,24?,26+,27+,28-/m1/s1. The second-order valence-electron chi connectivity index (χ2n) is 13.0. The van der Waals surface area contributed by atoms with Gasteiger partial charge in [-0.05, 0) is 112 Å². The van der Waals surface area contributed by atoms with Gasteiger partial charge in [-0.25, -0.2) is 0 Å². The predicted molar refractivity (Wildman–Crippen MR) is 128 cm³/mol. The Bertz CT molecular complexity index is 706. The van der Waals surface area contributed by atoms with E-state index >= 15 is 0 Å². The lowest BCUT2D eigenvalue weighted by atomic mass is 9.43. The summed E-state index contributed by atoms with van der Waals surface area (Å²) in [6, 6.07) is 0. The molecular weight excluding hydrogens is 414 g/mol. The summed E-state index contributed by atoms with van der Waals surface area (Å²) >= 11 is 0. The molecule has 4 saturated carbocycles. The molecule has 0 radical (unpaired) electrons. The van der Waals surface area contributed by atoms with Crippen molar-refractivity contribution in [2.24, 2.45) is 34.5 Å². The zero-order chi connectivity index (χ0) is 22.7. The van der Waals surface area contributed by atoms with Crippen LogP contribution in [0.3, 0.4) is 0 Å². The van der Waals surface area contributed by atoms with Crippen LogP contribution in [0.15, 0.2) is 0 Å². The lowest BCUT2D eigenvalue weighted by molar-refractivity contribution is -0.229. The number of aliphatic hydroxyl groups is 1. The average Bonchev–Trinajstić information content (AvgIpc) is 3.55. The molecule has 2 heterocycles. The summed E-state index contributed by atoms with van der Waals surface area (Å²) in [4.78, 5) is 2.55. The summed E-state index contributed by atoms with van der Waals surface area (Å²) in [6.07, 6.45) is 13.5. The fraction of sp³-hybridized carbons (Fsp3) is 1.00. The molecule has 0 spiro atoms. The van der Waals surface area contributed by atoms with Gasteiger partial charge in [0.25, 0.3) is 0 Å². The third kappa shape index (κ3) is 3.75. The van der Waals surface area contributed by atoms with Crippen LogP contribution in [0, 0.1) is 34.5 Å². The molecule has 5 nitrogen and oxygen atoms in total. The Morgan fingerprint density at radius 1 is 0.939 bits per heavy atom.